The standard InChI is InChI=1S/C21H22N2O7S/c24-20(22-12-15-3-8-18-19(11-15)30-14-29-18)13-28-21(25)16-4-6-17(7-5-16)31(26,27)23-9-1-2-10-23/h3-8,11H,1-2,9-10,12-14H2,(H,22,24). The van der Waals surface area contributed by atoms with Gasteiger partial charge < -0.3 is 19.5 Å². The summed E-state index contributed by atoms with van der Waals surface area (Å²) in [4.78, 5) is 24.3. The topological polar surface area (TPSA) is 111 Å². The number of nitrogens with one attached hydrogen (secondary N) is 1. The second-order valence-corrected chi connectivity index (χ2v) is 9.11. The van der Waals surface area contributed by atoms with E-state index in [0.717, 1.165) is 18.4 Å². The van der Waals surface area contributed by atoms with Gasteiger partial charge in [0.2, 0.25) is 16.8 Å². The minimum absolute atomic E-state index is 0.132. The van der Waals surface area contributed by atoms with Crippen molar-refractivity contribution in [3.05, 3.63) is 53.6 Å². The van der Waals surface area contributed by atoms with Gasteiger partial charge in [0, 0.05) is 19.6 Å². The Kier molecular flexibility index (Phi) is 6.10. The monoisotopic (exact) mass is 446 g/mol. The molecule has 2 aromatic rings. The number of hydrogen-bond donors (Lipinski definition) is 1. The highest BCUT2D eigenvalue weighted by Crippen LogP contribution is 2.32. The van der Waals surface area contributed by atoms with Crippen LogP contribution in [0, 0.1) is 0 Å². The number of hydrogen-bond acceptors (Lipinski definition) is 7. The fraction of sp³-hybridized carbons (Fsp3) is 0.333. The van der Waals surface area contributed by atoms with Crippen LogP contribution in [0.1, 0.15) is 28.8 Å². The Morgan fingerprint density at radius 1 is 1.00 bits per heavy atom. The molecule has 9 nitrogen and oxygen atoms in total. The SMILES string of the molecule is O=C(COC(=O)c1ccc(S(=O)(=O)N2CCCC2)cc1)NCc1ccc2c(c1)OCO2. The highest BCUT2D eigenvalue weighted by atomic mass is 32.2. The second kappa shape index (κ2) is 8.94. The highest BCUT2D eigenvalue weighted by Gasteiger charge is 2.27. The Labute approximate surface area is 179 Å². The number of nitrogens with zero attached hydrogens (tertiary/aromatic N) is 1. The van der Waals surface area contributed by atoms with E-state index in [2.05, 4.69) is 5.32 Å². The Bertz CT molecular complexity index is 1080. The van der Waals surface area contributed by atoms with Gasteiger partial charge in [-0.15, -0.1) is 0 Å². The first-order chi connectivity index (χ1) is 14.9. The van der Waals surface area contributed by atoms with Gasteiger partial charge in [0.15, 0.2) is 18.1 Å². The molecule has 0 bridgehead atoms. The predicted octanol–water partition coefficient (Wildman–Crippen LogP) is 1.67. The van der Waals surface area contributed by atoms with Crippen molar-refractivity contribution in [1.82, 2.24) is 9.62 Å². The van der Waals surface area contributed by atoms with Crippen molar-refractivity contribution >= 4 is 21.9 Å². The lowest BCUT2D eigenvalue weighted by Crippen LogP contribution is -2.28. The Morgan fingerprint density at radius 3 is 2.45 bits per heavy atom. The molecule has 1 amide bonds. The summed E-state index contributed by atoms with van der Waals surface area (Å²) in [6, 6.07) is 10.9. The van der Waals surface area contributed by atoms with Crippen LogP contribution in [0.2, 0.25) is 0 Å². The van der Waals surface area contributed by atoms with Crippen LogP contribution in [0.3, 0.4) is 0 Å². The lowest BCUT2D eigenvalue weighted by atomic mass is 10.2. The van der Waals surface area contributed by atoms with Gasteiger partial charge >= 0.3 is 5.97 Å². The number of esters is 1. The number of amides is 1. The molecule has 2 heterocycles. The van der Waals surface area contributed by atoms with E-state index >= 15 is 0 Å². The van der Waals surface area contributed by atoms with Crippen LogP contribution in [0.25, 0.3) is 0 Å². The third-order valence-electron chi connectivity index (χ3n) is 5.05. The van der Waals surface area contributed by atoms with Gasteiger partial charge in [0.25, 0.3) is 5.91 Å². The van der Waals surface area contributed by atoms with E-state index in [0.29, 0.717) is 24.6 Å². The van der Waals surface area contributed by atoms with Gasteiger partial charge in [-0.1, -0.05) is 6.07 Å². The fourth-order valence-electron chi connectivity index (χ4n) is 3.36. The molecule has 164 valence electrons. The van der Waals surface area contributed by atoms with Crippen molar-refractivity contribution in [2.75, 3.05) is 26.5 Å². The second-order valence-electron chi connectivity index (χ2n) is 7.18. The molecular weight excluding hydrogens is 424 g/mol. The van der Waals surface area contributed by atoms with Crippen LogP contribution >= 0.6 is 0 Å². The summed E-state index contributed by atoms with van der Waals surface area (Å²) in [5.41, 5.74) is 0.989. The fourth-order valence-corrected chi connectivity index (χ4v) is 4.87. The van der Waals surface area contributed by atoms with Gasteiger partial charge in [0.05, 0.1) is 10.5 Å². The molecule has 0 unspecified atom stereocenters. The van der Waals surface area contributed by atoms with E-state index in [-0.39, 0.29) is 23.8 Å². The average molecular weight is 446 g/mol. The zero-order chi connectivity index (χ0) is 21.8. The van der Waals surface area contributed by atoms with E-state index in [1.807, 2.05) is 0 Å². The number of carbonyl (C=O) groups excluding carboxylic acids is 2. The maximum absolute atomic E-state index is 12.5. The molecule has 1 saturated heterocycles. The minimum atomic E-state index is -3.54. The molecule has 0 saturated carbocycles. The third-order valence-corrected chi connectivity index (χ3v) is 6.97. The van der Waals surface area contributed by atoms with Gasteiger partial charge in [-0.2, -0.15) is 4.31 Å². The molecule has 0 atom stereocenters. The number of carbonyl (C=O) groups is 2. The van der Waals surface area contributed by atoms with Gasteiger partial charge in [0.1, 0.15) is 0 Å². The largest absolute Gasteiger partial charge is 0.454 e. The van der Waals surface area contributed by atoms with E-state index in [4.69, 9.17) is 14.2 Å². The molecule has 2 aliphatic rings. The number of benzene rings is 2. The first-order valence-corrected chi connectivity index (χ1v) is 11.3. The normalized spacial score (nSPS) is 15.6. The van der Waals surface area contributed by atoms with Crippen LogP contribution in [0.5, 0.6) is 11.5 Å². The summed E-state index contributed by atoms with van der Waals surface area (Å²) in [7, 11) is -3.54. The van der Waals surface area contributed by atoms with Crippen molar-refractivity contribution in [2.45, 2.75) is 24.3 Å². The maximum Gasteiger partial charge on any atom is 0.338 e. The molecule has 0 aliphatic carbocycles. The molecule has 2 aliphatic heterocycles. The summed E-state index contributed by atoms with van der Waals surface area (Å²) < 4.78 is 42.0. The van der Waals surface area contributed by atoms with Crippen molar-refractivity contribution < 1.29 is 32.2 Å². The molecule has 1 fully saturated rings. The zero-order valence-electron chi connectivity index (χ0n) is 16.7. The van der Waals surface area contributed by atoms with E-state index in [1.54, 1.807) is 18.2 Å². The van der Waals surface area contributed by atoms with Crippen molar-refractivity contribution in [3.8, 4) is 11.5 Å². The lowest BCUT2D eigenvalue weighted by molar-refractivity contribution is -0.124. The summed E-state index contributed by atoms with van der Waals surface area (Å²) >= 11 is 0. The molecule has 0 aromatic heterocycles. The molecule has 1 N–H and O–H groups in total. The highest BCUT2D eigenvalue weighted by molar-refractivity contribution is 7.89. The quantitative estimate of drug-likeness (QED) is 0.644. The first-order valence-electron chi connectivity index (χ1n) is 9.86. The lowest BCUT2D eigenvalue weighted by Gasteiger charge is -2.15. The Balaban J connectivity index is 1.27. The number of sulfonamides is 1. The van der Waals surface area contributed by atoms with Crippen molar-refractivity contribution in [3.63, 3.8) is 0 Å². The van der Waals surface area contributed by atoms with Crippen molar-refractivity contribution in [2.24, 2.45) is 0 Å². The smallest absolute Gasteiger partial charge is 0.338 e. The van der Waals surface area contributed by atoms with E-state index < -0.39 is 28.5 Å². The third kappa shape index (κ3) is 4.80. The van der Waals surface area contributed by atoms with Crippen LogP contribution in [-0.2, 0) is 26.1 Å². The maximum atomic E-state index is 12.5. The molecule has 0 spiro atoms. The minimum Gasteiger partial charge on any atom is -0.454 e. The average Bonchev–Trinajstić information content (AvgIpc) is 3.48. The van der Waals surface area contributed by atoms with E-state index in [1.165, 1.54) is 28.6 Å². The summed E-state index contributed by atoms with van der Waals surface area (Å²) in [5, 5.41) is 2.66. The van der Waals surface area contributed by atoms with Crippen molar-refractivity contribution in [1.29, 1.82) is 0 Å². The molecule has 0 radical (unpaired) electrons. The summed E-state index contributed by atoms with van der Waals surface area (Å²) in [6.45, 7) is 0.987. The van der Waals surface area contributed by atoms with E-state index in [9.17, 15) is 18.0 Å². The number of fused-ring (bicyclic) bond motifs is 1. The predicted molar refractivity (Wildman–Crippen MR) is 109 cm³/mol. The van der Waals surface area contributed by atoms with Crippen LogP contribution < -0.4 is 14.8 Å². The molecule has 2 aromatic carbocycles. The van der Waals surface area contributed by atoms with Gasteiger partial charge in [-0.3, -0.25) is 4.79 Å². The summed E-state index contributed by atoms with van der Waals surface area (Å²) in [6.07, 6.45) is 1.70. The molecule has 31 heavy (non-hydrogen) atoms. The van der Waals surface area contributed by atoms with Crippen LogP contribution in [0.4, 0.5) is 0 Å². The number of ether oxygens (including phenoxy) is 3. The Hall–Kier alpha value is -3.11. The summed E-state index contributed by atoms with van der Waals surface area (Å²) in [5.74, 6) is 0.110. The zero-order valence-corrected chi connectivity index (χ0v) is 17.5. The molecule has 4 rings (SSSR count). The molecular formula is C21H22N2O7S. The number of rotatable bonds is 7. The first kappa shape index (κ1) is 21.1. The van der Waals surface area contributed by atoms with Gasteiger partial charge in [-0.25, -0.2) is 13.2 Å². The van der Waals surface area contributed by atoms with Gasteiger partial charge in [-0.05, 0) is 54.8 Å². The van der Waals surface area contributed by atoms with Crippen LogP contribution in [-0.4, -0.2) is 51.1 Å². The molecule has 10 heteroatoms. The van der Waals surface area contributed by atoms with Crippen LogP contribution in [0.15, 0.2) is 47.4 Å². The Morgan fingerprint density at radius 2 is 1.71 bits per heavy atom.